The Kier molecular flexibility index (Phi) is 8.56. The van der Waals surface area contributed by atoms with Crippen LogP contribution in [0.4, 0.5) is 0 Å². The highest BCUT2D eigenvalue weighted by molar-refractivity contribution is 9.10. The Hall–Kier alpha value is -5.68. The number of hydrogen-bond acceptors (Lipinski definition) is 2. The quantitative estimate of drug-likeness (QED) is 0.157. The van der Waals surface area contributed by atoms with Crippen molar-refractivity contribution in [2.24, 2.45) is 0 Å². The number of rotatable bonds is 6. The molecule has 0 aliphatic rings. The van der Waals surface area contributed by atoms with Gasteiger partial charge >= 0.3 is 0 Å². The van der Waals surface area contributed by atoms with E-state index in [9.17, 15) is 0 Å². The lowest BCUT2D eigenvalue weighted by atomic mass is 9.92. The lowest BCUT2D eigenvalue weighted by Crippen LogP contribution is -1.96. The van der Waals surface area contributed by atoms with E-state index < -0.39 is 0 Å². The van der Waals surface area contributed by atoms with Gasteiger partial charge < -0.3 is 0 Å². The van der Waals surface area contributed by atoms with Crippen molar-refractivity contribution in [3.05, 3.63) is 191 Å². The normalized spacial score (nSPS) is 11.3. The fourth-order valence-electron chi connectivity index (χ4n) is 6.94. The fourth-order valence-corrected chi connectivity index (χ4v) is 7.46. The van der Waals surface area contributed by atoms with Crippen molar-refractivity contribution in [2.75, 3.05) is 0 Å². The van der Waals surface area contributed by atoms with Crippen LogP contribution in [0, 0.1) is 0 Å². The van der Waals surface area contributed by atoms with Gasteiger partial charge in [-0.2, -0.15) is 0 Å². The van der Waals surface area contributed by atoms with Gasteiger partial charge in [0.25, 0.3) is 0 Å². The van der Waals surface area contributed by atoms with E-state index in [-0.39, 0.29) is 0 Å². The van der Waals surface area contributed by atoms with E-state index in [0.717, 1.165) is 75.5 Å². The van der Waals surface area contributed by atoms with E-state index in [1.165, 1.54) is 22.3 Å². The van der Waals surface area contributed by atoms with E-state index in [1.54, 1.807) is 0 Å². The summed E-state index contributed by atoms with van der Waals surface area (Å²) in [6, 6.07) is 64.4. The third kappa shape index (κ3) is 6.25. The molecule has 0 aliphatic heterocycles. The summed E-state index contributed by atoms with van der Waals surface area (Å²) in [7, 11) is 0. The molecule has 0 N–H and O–H groups in total. The molecule has 2 aromatic heterocycles. The number of benzene rings is 7. The molecule has 4 heteroatoms. The van der Waals surface area contributed by atoms with Crippen LogP contribution in [0.15, 0.2) is 191 Å². The standard InChI is InChI=1S/C48H30Br2N2/c49-39-23-19-37(20-24-39)45-29-43(35-15-11-33(12-16-35)31-7-3-1-4-8-31)41-27-28-42-44(36-17-13-34(14-18-36)32-9-5-2-6-10-32)30-46(52-48(42)47(41)51-45)38-21-25-40(50)26-22-38/h1-30H. The molecule has 0 aliphatic carbocycles. The molecule has 0 spiro atoms. The molecule has 0 unspecified atom stereocenters. The van der Waals surface area contributed by atoms with Crippen LogP contribution in [0.5, 0.6) is 0 Å². The first-order valence-electron chi connectivity index (χ1n) is 17.2. The van der Waals surface area contributed by atoms with E-state index in [1.807, 2.05) is 0 Å². The summed E-state index contributed by atoms with van der Waals surface area (Å²) in [6.45, 7) is 0. The molecule has 0 bridgehead atoms. The van der Waals surface area contributed by atoms with E-state index in [4.69, 9.17) is 9.97 Å². The highest BCUT2D eigenvalue weighted by Crippen LogP contribution is 2.40. The van der Waals surface area contributed by atoms with Gasteiger partial charge in [0, 0.05) is 30.8 Å². The summed E-state index contributed by atoms with van der Waals surface area (Å²) in [5.74, 6) is 0. The van der Waals surface area contributed by atoms with Crippen molar-refractivity contribution >= 4 is 53.7 Å². The maximum Gasteiger partial charge on any atom is 0.0978 e. The van der Waals surface area contributed by atoms with Crippen molar-refractivity contribution in [1.82, 2.24) is 9.97 Å². The Morgan fingerprint density at radius 1 is 0.288 bits per heavy atom. The molecule has 0 amide bonds. The van der Waals surface area contributed by atoms with Crippen LogP contribution in [0.2, 0.25) is 0 Å². The molecule has 0 fully saturated rings. The van der Waals surface area contributed by atoms with Gasteiger partial charge in [-0.3, -0.25) is 0 Å². The molecule has 0 radical (unpaired) electrons. The maximum absolute atomic E-state index is 5.41. The Balaban J connectivity index is 1.29. The molecular formula is C48H30Br2N2. The van der Waals surface area contributed by atoms with Gasteiger partial charge in [0.05, 0.1) is 22.4 Å². The number of pyridine rings is 2. The molecular weight excluding hydrogens is 764 g/mol. The Bertz CT molecular complexity index is 2500. The van der Waals surface area contributed by atoms with Gasteiger partial charge in [-0.1, -0.05) is 177 Å². The van der Waals surface area contributed by atoms with Crippen LogP contribution >= 0.6 is 31.9 Å². The predicted octanol–water partition coefficient (Wildman–Crippen LogP) is 14.3. The van der Waals surface area contributed by atoms with Crippen LogP contribution in [0.3, 0.4) is 0 Å². The summed E-state index contributed by atoms with van der Waals surface area (Å²) in [5, 5.41) is 2.12. The van der Waals surface area contributed by atoms with Crippen LogP contribution in [-0.2, 0) is 0 Å². The second-order valence-corrected chi connectivity index (χ2v) is 14.7. The summed E-state index contributed by atoms with van der Waals surface area (Å²) in [6.07, 6.45) is 0. The lowest BCUT2D eigenvalue weighted by molar-refractivity contribution is 1.36. The second kappa shape index (κ2) is 13.8. The van der Waals surface area contributed by atoms with Crippen LogP contribution in [0.1, 0.15) is 0 Å². The highest BCUT2D eigenvalue weighted by atomic mass is 79.9. The largest absolute Gasteiger partial charge is 0.245 e. The maximum atomic E-state index is 5.41. The summed E-state index contributed by atoms with van der Waals surface area (Å²) in [4.78, 5) is 10.8. The SMILES string of the molecule is Brc1ccc(-c2cc(-c3ccc(-c4ccccc4)cc3)c3ccc4c(-c5ccc(-c6ccccc6)cc5)cc(-c5ccc(Br)cc5)nc4c3n2)cc1. The average Bonchev–Trinajstić information content (AvgIpc) is 3.21. The molecule has 0 saturated heterocycles. The molecule has 2 heterocycles. The topological polar surface area (TPSA) is 25.8 Å². The third-order valence-electron chi connectivity index (χ3n) is 9.64. The first-order chi connectivity index (χ1) is 25.6. The smallest absolute Gasteiger partial charge is 0.0978 e. The van der Waals surface area contributed by atoms with Gasteiger partial charge in [-0.25, -0.2) is 9.97 Å². The van der Waals surface area contributed by atoms with Crippen molar-refractivity contribution in [3.63, 3.8) is 0 Å². The molecule has 2 nitrogen and oxygen atoms in total. The highest BCUT2D eigenvalue weighted by Gasteiger charge is 2.18. The minimum Gasteiger partial charge on any atom is -0.245 e. The molecule has 0 atom stereocenters. The van der Waals surface area contributed by atoms with E-state index >= 15 is 0 Å². The molecule has 0 saturated carbocycles. The van der Waals surface area contributed by atoms with Gasteiger partial charge in [0.2, 0.25) is 0 Å². The van der Waals surface area contributed by atoms with Crippen LogP contribution in [0.25, 0.3) is 88.8 Å². The molecule has 246 valence electrons. The monoisotopic (exact) mass is 792 g/mol. The van der Waals surface area contributed by atoms with Gasteiger partial charge in [-0.05, 0) is 80.9 Å². The number of aromatic nitrogens is 2. The van der Waals surface area contributed by atoms with E-state index in [0.29, 0.717) is 0 Å². The predicted molar refractivity (Wildman–Crippen MR) is 225 cm³/mol. The Morgan fingerprint density at radius 3 is 0.962 bits per heavy atom. The van der Waals surface area contributed by atoms with Crippen molar-refractivity contribution in [1.29, 1.82) is 0 Å². The molecule has 7 aromatic carbocycles. The van der Waals surface area contributed by atoms with E-state index in [2.05, 4.69) is 214 Å². The van der Waals surface area contributed by atoms with Crippen molar-refractivity contribution in [3.8, 4) is 67.0 Å². The third-order valence-corrected chi connectivity index (χ3v) is 10.7. The average molecular weight is 795 g/mol. The number of halogens is 2. The summed E-state index contributed by atoms with van der Waals surface area (Å²) < 4.78 is 2.06. The van der Waals surface area contributed by atoms with Gasteiger partial charge in [0.15, 0.2) is 0 Å². The second-order valence-electron chi connectivity index (χ2n) is 12.9. The zero-order valence-corrected chi connectivity index (χ0v) is 31.1. The fraction of sp³-hybridized carbons (Fsp3) is 0. The molecule has 9 rings (SSSR count). The van der Waals surface area contributed by atoms with Gasteiger partial charge in [0.1, 0.15) is 0 Å². The zero-order chi connectivity index (χ0) is 35.0. The number of hydrogen-bond donors (Lipinski definition) is 0. The number of fused-ring (bicyclic) bond motifs is 3. The van der Waals surface area contributed by atoms with Crippen molar-refractivity contribution < 1.29 is 0 Å². The van der Waals surface area contributed by atoms with Gasteiger partial charge in [-0.15, -0.1) is 0 Å². The first-order valence-corrected chi connectivity index (χ1v) is 18.8. The minimum atomic E-state index is 0.876. The lowest BCUT2D eigenvalue weighted by Gasteiger charge is -2.16. The minimum absolute atomic E-state index is 0.876. The van der Waals surface area contributed by atoms with Crippen LogP contribution < -0.4 is 0 Å². The summed E-state index contributed by atoms with van der Waals surface area (Å²) in [5.41, 5.74) is 14.9. The van der Waals surface area contributed by atoms with Crippen molar-refractivity contribution in [2.45, 2.75) is 0 Å². The Morgan fingerprint density at radius 2 is 0.596 bits per heavy atom. The summed E-state index contributed by atoms with van der Waals surface area (Å²) >= 11 is 7.23. The zero-order valence-electron chi connectivity index (χ0n) is 28.0. The first kappa shape index (κ1) is 32.2. The molecule has 52 heavy (non-hydrogen) atoms. The molecule has 9 aromatic rings. The Labute approximate surface area is 319 Å². The van der Waals surface area contributed by atoms with Crippen LogP contribution in [-0.4, -0.2) is 9.97 Å². The number of nitrogens with zero attached hydrogens (tertiary/aromatic N) is 2.